The van der Waals surface area contributed by atoms with Crippen LogP contribution in [0.1, 0.15) is 31.4 Å². The highest BCUT2D eigenvalue weighted by molar-refractivity contribution is 5.54. The van der Waals surface area contributed by atoms with Gasteiger partial charge in [0, 0.05) is 31.5 Å². The van der Waals surface area contributed by atoms with Crippen molar-refractivity contribution in [1.29, 1.82) is 0 Å². The number of para-hydroxylation sites is 1. The third kappa shape index (κ3) is 2.99. The first-order valence-electron chi connectivity index (χ1n) is 6.28. The van der Waals surface area contributed by atoms with Gasteiger partial charge in [-0.25, -0.2) is 0 Å². The fraction of sp³-hybridized carbons (Fsp3) is 0.571. The lowest BCUT2D eigenvalue weighted by molar-refractivity contribution is 0.116. The highest BCUT2D eigenvalue weighted by Gasteiger charge is 2.19. The number of aliphatic hydroxyl groups is 1. The Kier molecular flexibility index (Phi) is 4.02. The third-order valence-corrected chi connectivity index (χ3v) is 3.30. The van der Waals surface area contributed by atoms with E-state index in [2.05, 4.69) is 18.0 Å². The molecular weight excluding hydrogens is 214 g/mol. The van der Waals surface area contributed by atoms with Crippen LogP contribution in [-0.2, 0) is 4.74 Å². The summed E-state index contributed by atoms with van der Waals surface area (Å²) in [5.41, 5.74) is 2.07. The van der Waals surface area contributed by atoms with Gasteiger partial charge in [-0.05, 0) is 25.8 Å². The van der Waals surface area contributed by atoms with Gasteiger partial charge < -0.3 is 14.7 Å². The summed E-state index contributed by atoms with van der Waals surface area (Å²) in [7, 11) is 2.06. The number of rotatable bonds is 4. The van der Waals surface area contributed by atoms with Crippen LogP contribution in [0.5, 0.6) is 0 Å². The molecule has 1 saturated heterocycles. The number of likely N-dealkylation sites (N-methyl/N-ethyl adjacent to an activating group) is 1. The molecule has 0 radical (unpaired) electrons. The Hall–Kier alpha value is -1.06. The van der Waals surface area contributed by atoms with Crippen molar-refractivity contribution < 1.29 is 9.84 Å². The quantitative estimate of drug-likeness (QED) is 0.869. The van der Waals surface area contributed by atoms with Crippen LogP contribution < -0.4 is 4.90 Å². The molecule has 1 aromatic rings. The zero-order valence-corrected chi connectivity index (χ0v) is 10.6. The van der Waals surface area contributed by atoms with E-state index < -0.39 is 6.10 Å². The van der Waals surface area contributed by atoms with Gasteiger partial charge in [-0.15, -0.1) is 0 Å². The Morgan fingerprint density at radius 1 is 1.47 bits per heavy atom. The Balaban J connectivity index is 2.09. The van der Waals surface area contributed by atoms with E-state index in [0.29, 0.717) is 6.10 Å². The topological polar surface area (TPSA) is 32.7 Å². The lowest BCUT2D eigenvalue weighted by Crippen LogP contribution is -2.29. The number of anilines is 1. The van der Waals surface area contributed by atoms with Crippen molar-refractivity contribution in [3.8, 4) is 0 Å². The van der Waals surface area contributed by atoms with Crippen LogP contribution in [0.3, 0.4) is 0 Å². The van der Waals surface area contributed by atoms with Crippen LogP contribution >= 0.6 is 0 Å². The molecule has 0 saturated carbocycles. The van der Waals surface area contributed by atoms with Crippen LogP contribution in [0.15, 0.2) is 24.3 Å². The fourth-order valence-electron chi connectivity index (χ4n) is 2.38. The summed E-state index contributed by atoms with van der Waals surface area (Å²) in [5.74, 6) is 0. The number of ether oxygens (including phenoxy) is 1. The zero-order valence-electron chi connectivity index (χ0n) is 10.6. The molecule has 1 N–H and O–H groups in total. The molecule has 1 aromatic carbocycles. The molecular formula is C14H21NO2. The van der Waals surface area contributed by atoms with Gasteiger partial charge in [-0.3, -0.25) is 0 Å². The van der Waals surface area contributed by atoms with Crippen LogP contribution in [0.4, 0.5) is 5.69 Å². The van der Waals surface area contributed by atoms with Crippen LogP contribution in [0.2, 0.25) is 0 Å². The molecule has 1 fully saturated rings. The molecule has 17 heavy (non-hydrogen) atoms. The molecule has 2 unspecified atom stereocenters. The molecule has 0 amide bonds. The maximum absolute atomic E-state index is 9.76. The van der Waals surface area contributed by atoms with E-state index in [0.717, 1.165) is 37.2 Å². The van der Waals surface area contributed by atoms with Crippen molar-refractivity contribution in [3.05, 3.63) is 29.8 Å². The molecule has 1 aliphatic rings. The molecule has 0 bridgehead atoms. The molecule has 94 valence electrons. The van der Waals surface area contributed by atoms with Crippen LogP contribution in [-0.4, -0.2) is 31.4 Å². The van der Waals surface area contributed by atoms with Crippen LogP contribution in [0, 0.1) is 0 Å². The average Bonchev–Trinajstić information content (AvgIpc) is 2.81. The second-order valence-corrected chi connectivity index (χ2v) is 4.75. The summed E-state index contributed by atoms with van der Waals surface area (Å²) in [5, 5.41) is 9.76. The second kappa shape index (κ2) is 5.52. The number of aliphatic hydroxyl groups excluding tert-OH is 1. The largest absolute Gasteiger partial charge is 0.389 e. The lowest BCUT2D eigenvalue weighted by atomic mass is 10.1. The van der Waals surface area contributed by atoms with E-state index >= 15 is 0 Å². The van der Waals surface area contributed by atoms with Crippen molar-refractivity contribution in [1.82, 2.24) is 0 Å². The summed E-state index contributed by atoms with van der Waals surface area (Å²) >= 11 is 0. The van der Waals surface area contributed by atoms with Crippen LogP contribution in [0.25, 0.3) is 0 Å². The van der Waals surface area contributed by atoms with Gasteiger partial charge in [0.05, 0.1) is 12.2 Å². The van der Waals surface area contributed by atoms with Gasteiger partial charge in [0.15, 0.2) is 0 Å². The molecule has 3 heteroatoms. The Bertz CT molecular complexity index is 359. The fourth-order valence-corrected chi connectivity index (χ4v) is 2.38. The van der Waals surface area contributed by atoms with E-state index in [4.69, 9.17) is 4.74 Å². The minimum absolute atomic E-state index is 0.335. The molecule has 0 aliphatic carbocycles. The monoisotopic (exact) mass is 235 g/mol. The summed E-state index contributed by atoms with van der Waals surface area (Å²) < 4.78 is 5.64. The van der Waals surface area contributed by atoms with E-state index in [-0.39, 0.29) is 0 Å². The molecule has 2 rings (SSSR count). The maximum Gasteiger partial charge on any atom is 0.0781 e. The van der Waals surface area contributed by atoms with Crippen molar-refractivity contribution in [2.45, 2.75) is 32.0 Å². The van der Waals surface area contributed by atoms with Gasteiger partial charge >= 0.3 is 0 Å². The van der Waals surface area contributed by atoms with Crippen molar-refractivity contribution >= 4 is 5.69 Å². The zero-order chi connectivity index (χ0) is 12.3. The average molecular weight is 235 g/mol. The van der Waals surface area contributed by atoms with Crippen molar-refractivity contribution in [2.24, 2.45) is 0 Å². The molecule has 0 aromatic heterocycles. The first-order chi connectivity index (χ1) is 8.18. The normalized spacial score (nSPS) is 21.5. The van der Waals surface area contributed by atoms with Gasteiger partial charge in [0.25, 0.3) is 0 Å². The predicted octanol–water partition coefficient (Wildman–Crippen LogP) is 2.36. The summed E-state index contributed by atoms with van der Waals surface area (Å²) in [6.07, 6.45) is 2.21. The molecule has 3 nitrogen and oxygen atoms in total. The predicted molar refractivity (Wildman–Crippen MR) is 69.3 cm³/mol. The highest BCUT2D eigenvalue weighted by Crippen LogP contribution is 2.26. The Morgan fingerprint density at radius 3 is 2.88 bits per heavy atom. The van der Waals surface area contributed by atoms with Gasteiger partial charge in [-0.1, -0.05) is 18.2 Å². The second-order valence-electron chi connectivity index (χ2n) is 4.75. The van der Waals surface area contributed by atoms with E-state index in [9.17, 15) is 5.11 Å². The third-order valence-electron chi connectivity index (χ3n) is 3.30. The SMILES string of the molecule is CC(O)c1ccccc1N(C)CC1CCCO1. The number of hydrogen-bond donors (Lipinski definition) is 1. The Morgan fingerprint density at radius 2 is 2.24 bits per heavy atom. The molecule has 1 aliphatic heterocycles. The van der Waals surface area contributed by atoms with Gasteiger partial charge in [-0.2, -0.15) is 0 Å². The van der Waals surface area contributed by atoms with E-state index in [1.807, 2.05) is 18.2 Å². The summed E-state index contributed by atoms with van der Waals surface area (Å²) in [4.78, 5) is 2.18. The van der Waals surface area contributed by atoms with E-state index in [1.54, 1.807) is 6.92 Å². The number of nitrogens with zero attached hydrogens (tertiary/aromatic N) is 1. The van der Waals surface area contributed by atoms with Crippen molar-refractivity contribution in [2.75, 3.05) is 25.1 Å². The first-order valence-corrected chi connectivity index (χ1v) is 6.28. The molecule has 2 atom stereocenters. The standard InChI is InChI=1S/C14H21NO2/c1-11(16)13-7-3-4-8-14(13)15(2)10-12-6-5-9-17-12/h3-4,7-8,11-12,16H,5-6,9-10H2,1-2H3. The minimum Gasteiger partial charge on any atom is -0.389 e. The van der Waals surface area contributed by atoms with E-state index in [1.165, 1.54) is 0 Å². The first kappa shape index (κ1) is 12.4. The number of hydrogen-bond acceptors (Lipinski definition) is 3. The maximum atomic E-state index is 9.76. The highest BCUT2D eigenvalue weighted by atomic mass is 16.5. The van der Waals surface area contributed by atoms with Crippen molar-refractivity contribution in [3.63, 3.8) is 0 Å². The lowest BCUT2D eigenvalue weighted by Gasteiger charge is -2.26. The number of benzene rings is 1. The minimum atomic E-state index is -0.432. The molecule has 1 heterocycles. The Labute approximate surface area is 103 Å². The summed E-state index contributed by atoms with van der Waals surface area (Å²) in [6.45, 7) is 3.58. The van der Waals surface area contributed by atoms with Gasteiger partial charge in [0.2, 0.25) is 0 Å². The molecule has 0 spiro atoms. The smallest absolute Gasteiger partial charge is 0.0781 e. The van der Waals surface area contributed by atoms with Gasteiger partial charge in [0.1, 0.15) is 0 Å². The summed E-state index contributed by atoms with van der Waals surface area (Å²) in [6, 6.07) is 8.00.